The number of aromatic nitrogens is 2. The molecule has 1 saturated carbocycles. The van der Waals surface area contributed by atoms with Gasteiger partial charge in [-0.15, -0.1) is 0 Å². The van der Waals surface area contributed by atoms with Gasteiger partial charge in [0.05, 0.1) is 6.61 Å². The van der Waals surface area contributed by atoms with Crippen molar-refractivity contribution in [3.63, 3.8) is 0 Å². The SMILES string of the molecule is Fc1cccnc1O[C@H]1CC[C@H]2[C@H]1OCCN2Cc1ccncc1.O=C(O)C(F)(F)F.O=C(O)C(F)(F)F. The first-order chi connectivity index (χ1) is 17.7. The van der Waals surface area contributed by atoms with Gasteiger partial charge in [-0.3, -0.25) is 9.88 Å². The lowest BCUT2D eigenvalue weighted by atomic mass is 10.1. The Kier molecular flexibility index (Phi) is 10.8. The Morgan fingerprint density at radius 2 is 1.58 bits per heavy atom. The second-order valence-corrected chi connectivity index (χ2v) is 7.86. The molecule has 210 valence electrons. The minimum Gasteiger partial charge on any atom is -0.475 e. The van der Waals surface area contributed by atoms with Crippen molar-refractivity contribution in [3.8, 4) is 5.88 Å². The molecule has 1 aliphatic carbocycles. The largest absolute Gasteiger partial charge is 0.490 e. The molecule has 0 spiro atoms. The standard InChI is InChI=1S/C18H20FN3O2.2C2HF3O2/c19-14-2-1-7-21-18(14)24-16-4-3-15-17(16)23-11-10-22(15)12-13-5-8-20-9-6-13;2*3-2(4,5)1(6)7/h1-2,5-9,15-17H,3-4,10-12H2;2*(H,6,7)/t15-,16-,17+;;/m0../s1. The highest BCUT2D eigenvalue weighted by atomic mass is 19.4. The van der Waals surface area contributed by atoms with Gasteiger partial charge in [-0.05, 0) is 42.7 Å². The van der Waals surface area contributed by atoms with Crippen LogP contribution in [0.25, 0.3) is 0 Å². The maximum Gasteiger partial charge on any atom is 0.490 e. The summed E-state index contributed by atoms with van der Waals surface area (Å²) in [6, 6.07) is 7.30. The molecule has 0 unspecified atom stereocenters. The molecule has 3 atom stereocenters. The third-order valence-electron chi connectivity index (χ3n) is 5.26. The molecule has 38 heavy (non-hydrogen) atoms. The number of carboxylic acids is 2. The summed E-state index contributed by atoms with van der Waals surface area (Å²) in [7, 11) is 0. The number of aliphatic carboxylic acids is 2. The maximum absolute atomic E-state index is 13.8. The normalized spacial score (nSPS) is 21.2. The van der Waals surface area contributed by atoms with Crippen molar-refractivity contribution in [2.75, 3.05) is 13.2 Å². The number of carboxylic acid groups (broad SMARTS) is 2. The van der Waals surface area contributed by atoms with Gasteiger partial charge in [0, 0.05) is 37.7 Å². The first kappa shape index (κ1) is 30.7. The van der Waals surface area contributed by atoms with Crippen LogP contribution in [0.1, 0.15) is 18.4 Å². The zero-order chi connectivity index (χ0) is 28.5. The minimum absolute atomic E-state index is 0.0398. The number of morpholine rings is 1. The maximum atomic E-state index is 13.8. The monoisotopic (exact) mass is 557 g/mol. The van der Waals surface area contributed by atoms with Crippen LogP contribution in [0.4, 0.5) is 30.7 Å². The fourth-order valence-electron chi connectivity index (χ4n) is 3.64. The fraction of sp³-hybridized carbons (Fsp3) is 0.455. The Labute approximate surface area is 210 Å². The molecule has 9 nitrogen and oxygen atoms in total. The van der Waals surface area contributed by atoms with E-state index in [-0.39, 0.29) is 18.1 Å². The summed E-state index contributed by atoms with van der Waals surface area (Å²) in [6.45, 7) is 2.43. The quantitative estimate of drug-likeness (QED) is 0.542. The van der Waals surface area contributed by atoms with Crippen molar-refractivity contribution in [1.82, 2.24) is 14.9 Å². The Bertz CT molecular complexity index is 1030. The van der Waals surface area contributed by atoms with Gasteiger partial charge in [0.2, 0.25) is 0 Å². The van der Waals surface area contributed by atoms with Crippen molar-refractivity contribution in [2.45, 2.75) is 50.0 Å². The summed E-state index contributed by atoms with van der Waals surface area (Å²) in [5, 5.41) is 14.2. The van der Waals surface area contributed by atoms with Gasteiger partial charge in [0.15, 0.2) is 5.82 Å². The molecule has 2 N–H and O–H groups in total. The van der Waals surface area contributed by atoms with E-state index in [2.05, 4.69) is 14.9 Å². The second kappa shape index (κ2) is 13.3. The molecule has 1 aliphatic heterocycles. The Morgan fingerprint density at radius 1 is 1.00 bits per heavy atom. The first-order valence-electron chi connectivity index (χ1n) is 10.8. The molecule has 0 bridgehead atoms. The predicted octanol–water partition coefficient (Wildman–Crippen LogP) is 3.69. The molecular formula is C22H22F7N3O6. The average molecular weight is 557 g/mol. The third kappa shape index (κ3) is 9.41. The summed E-state index contributed by atoms with van der Waals surface area (Å²) >= 11 is 0. The molecule has 0 aromatic carbocycles. The van der Waals surface area contributed by atoms with E-state index in [0.717, 1.165) is 25.9 Å². The van der Waals surface area contributed by atoms with E-state index in [9.17, 15) is 30.7 Å². The van der Waals surface area contributed by atoms with Crippen molar-refractivity contribution in [1.29, 1.82) is 0 Å². The summed E-state index contributed by atoms with van der Waals surface area (Å²) in [6.07, 6.45) is -3.35. The Balaban J connectivity index is 0.000000301. The lowest BCUT2D eigenvalue weighted by Crippen LogP contribution is -2.51. The lowest BCUT2D eigenvalue weighted by Gasteiger charge is -2.39. The van der Waals surface area contributed by atoms with Gasteiger partial charge in [-0.2, -0.15) is 26.3 Å². The van der Waals surface area contributed by atoms with Crippen molar-refractivity contribution < 1.29 is 60.0 Å². The Hall–Kier alpha value is -3.53. The van der Waals surface area contributed by atoms with E-state index in [1.54, 1.807) is 12.3 Å². The Morgan fingerprint density at radius 3 is 2.11 bits per heavy atom. The number of ether oxygens (including phenoxy) is 2. The van der Waals surface area contributed by atoms with Crippen LogP contribution in [0.5, 0.6) is 5.88 Å². The number of pyridine rings is 2. The molecule has 0 radical (unpaired) electrons. The molecule has 2 aromatic heterocycles. The predicted molar refractivity (Wildman–Crippen MR) is 113 cm³/mol. The van der Waals surface area contributed by atoms with Crippen LogP contribution in [0.3, 0.4) is 0 Å². The zero-order valence-electron chi connectivity index (χ0n) is 19.3. The molecule has 1 saturated heterocycles. The van der Waals surface area contributed by atoms with Crippen LogP contribution in [0, 0.1) is 5.82 Å². The van der Waals surface area contributed by atoms with E-state index < -0.39 is 30.1 Å². The molecule has 2 aliphatic rings. The third-order valence-corrected chi connectivity index (χ3v) is 5.26. The number of nitrogens with zero attached hydrogens (tertiary/aromatic N) is 3. The van der Waals surface area contributed by atoms with E-state index >= 15 is 0 Å². The van der Waals surface area contributed by atoms with Crippen LogP contribution in [0.15, 0.2) is 42.9 Å². The summed E-state index contributed by atoms with van der Waals surface area (Å²) in [5.41, 5.74) is 1.24. The van der Waals surface area contributed by atoms with E-state index in [0.29, 0.717) is 12.6 Å². The number of halogens is 7. The van der Waals surface area contributed by atoms with Crippen LogP contribution >= 0.6 is 0 Å². The topological polar surface area (TPSA) is 122 Å². The van der Waals surface area contributed by atoms with E-state index in [1.165, 1.54) is 11.6 Å². The number of alkyl halides is 6. The van der Waals surface area contributed by atoms with Crippen LogP contribution in [0.2, 0.25) is 0 Å². The summed E-state index contributed by atoms with van der Waals surface area (Å²) in [4.78, 5) is 28.3. The number of carbonyl (C=O) groups is 2. The fourth-order valence-corrected chi connectivity index (χ4v) is 3.64. The summed E-state index contributed by atoms with van der Waals surface area (Å²) < 4.78 is 89.1. The highest BCUT2D eigenvalue weighted by Crippen LogP contribution is 2.33. The van der Waals surface area contributed by atoms with Gasteiger partial charge in [0.1, 0.15) is 12.2 Å². The van der Waals surface area contributed by atoms with Gasteiger partial charge in [-0.1, -0.05) is 0 Å². The van der Waals surface area contributed by atoms with E-state index in [4.69, 9.17) is 29.3 Å². The number of hydrogen-bond acceptors (Lipinski definition) is 7. The molecule has 0 amide bonds. The number of hydrogen-bond donors (Lipinski definition) is 2. The summed E-state index contributed by atoms with van der Waals surface area (Å²) in [5.74, 6) is -5.87. The number of fused-ring (bicyclic) bond motifs is 1. The second-order valence-electron chi connectivity index (χ2n) is 7.86. The zero-order valence-corrected chi connectivity index (χ0v) is 19.3. The van der Waals surface area contributed by atoms with Crippen LogP contribution in [-0.2, 0) is 20.9 Å². The molecule has 2 aromatic rings. The number of rotatable bonds is 4. The first-order valence-corrected chi connectivity index (χ1v) is 10.8. The van der Waals surface area contributed by atoms with Crippen LogP contribution in [-0.4, -0.2) is 80.8 Å². The molecular weight excluding hydrogens is 535 g/mol. The van der Waals surface area contributed by atoms with Gasteiger partial charge >= 0.3 is 24.3 Å². The van der Waals surface area contributed by atoms with Crippen molar-refractivity contribution >= 4 is 11.9 Å². The lowest BCUT2D eigenvalue weighted by molar-refractivity contribution is -0.193. The molecule has 4 rings (SSSR count). The van der Waals surface area contributed by atoms with Gasteiger partial charge in [0.25, 0.3) is 5.88 Å². The molecule has 16 heteroatoms. The average Bonchev–Trinajstić information content (AvgIpc) is 3.25. The van der Waals surface area contributed by atoms with Crippen molar-refractivity contribution in [2.24, 2.45) is 0 Å². The highest BCUT2D eigenvalue weighted by molar-refractivity contribution is 5.73. The van der Waals surface area contributed by atoms with Gasteiger partial charge in [-0.25, -0.2) is 19.0 Å². The van der Waals surface area contributed by atoms with Gasteiger partial charge < -0.3 is 19.7 Å². The smallest absolute Gasteiger partial charge is 0.475 e. The van der Waals surface area contributed by atoms with Crippen molar-refractivity contribution in [3.05, 3.63) is 54.2 Å². The van der Waals surface area contributed by atoms with E-state index in [1.807, 2.05) is 24.5 Å². The van der Waals surface area contributed by atoms with Crippen LogP contribution < -0.4 is 4.74 Å². The molecule has 2 fully saturated rings. The molecule has 3 heterocycles. The highest BCUT2D eigenvalue weighted by Gasteiger charge is 2.44. The minimum atomic E-state index is -5.08.